The van der Waals surface area contributed by atoms with Crippen molar-refractivity contribution >= 4 is 0 Å². The van der Waals surface area contributed by atoms with Gasteiger partial charge in [0.1, 0.15) is 0 Å². The number of rotatable bonds is 2. The van der Waals surface area contributed by atoms with Gasteiger partial charge in [-0.1, -0.05) is 0 Å². The average molecular weight is 224 g/mol. The summed E-state index contributed by atoms with van der Waals surface area (Å²) < 4.78 is 71.7. The predicted molar refractivity (Wildman–Crippen MR) is 38.5 cm³/mol. The van der Waals surface area contributed by atoms with Crippen molar-refractivity contribution in [3.8, 4) is 0 Å². The fraction of sp³-hybridized carbons (Fsp3) is 1.00. The summed E-state index contributed by atoms with van der Waals surface area (Å²) in [5.41, 5.74) is 0. The van der Waals surface area contributed by atoms with Gasteiger partial charge in [0, 0.05) is 0 Å². The fourth-order valence-electron chi connectivity index (χ4n) is 0.940. The molecule has 0 bridgehead atoms. The van der Waals surface area contributed by atoms with Gasteiger partial charge in [0.15, 0.2) is 5.92 Å². The molecule has 0 fully saturated rings. The van der Waals surface area contributed by atoms with Crippen LogP contribution in [0.3, 0.4) is 0 Å². The molecule has 86 valence electrons. The molecule has 0 aliphatic carbocycles. The Morgan fingerprint density at radius 2 is 1.14 bits per heavy atom. The van der Waals surface area contributed by atoms with Crippen molar-refractivity contribution in [2.75, 3.05) is 27.7 Å². The molecule has 0 heterocycles. The summed E-state index contributed by atoms with van der Waals surface area (Å²) in [5, 5.41) is 0. The van der Waals surface area contributed by atoms with Crippen LogP contribution >= 0.6 is 0 Å². The van der Waals surface area contributed by atoms with Crippen molar-refractivity contribution in [3.05, 3.63) is 0 Å². The number of hydrogen-bond acceptors (Lipinski definition) is 0. The van der Waals surface area contributed by atoms with Crippen molar-refractivity contribution in [1.82, 2.24) is 0 Å². The summed E-state index contributed by atoms with van der Waals surface area (Å²) in [5.74, 6) is -3.25. The third-order valence-electron chi connectivity index (χ3n) is 1.52. The molecule has 0 aromatic carbocycles. The van der Waals surface area contributed by atoms with E-state index in [0.717, 1.165) is 0 Å². The largest absolute Gasteiger partial charge is 0.405 e. The van der Waals surface area contributed by atoms with Crippen LogP contribution in [-0.4, -0.2) is 44.5 Å². The zero-order chi connectivity index (χ0) is 11.8. The summed E-state index contributed by atoms with van der Waals surface area (Å²) in [6, 6.07) is 0. The Labute approximate surface area is 77.9 Å². The molecule has 0 atom stereocenters. The van der Waals surface area contributed by atoms with Gasteiger partial charge in [0.05, 0.1) is 27.7 Å². The van der Waals surface area contributed by atoms with Crippen LogP contribution in [0.15, 0.2) is 0 Å². The molecule has 0 amide bonds. The first-order chi connectivity index (χ1) is 5.84. The highest BCUT2D eigenvalue weighted by molar-refractivity contribution is 4.74. The summed E-state index contributed by atoms with van der Waals surface area (Å²) >= 11 is 0. The second kappa shape index (κ2) is 3.60. The highest BCUT2D eigenvalue weighted by atomic mass is 19.4. The Kier molecular flexibility index (Phi) is 3.48. The van der Waals surface area contributed by atoms with Gasteiger partial charge in [-0.15, -0.1) is 0 Å². The molecule has 0 aromatic heterocycles. The fourth-order valence-corrected chi connectivity index (χ4v) is 0.940. The summed E-state index contributed by atoms with van der Waals surface area (Å²) in [4.78, 5) is 0. The van der Waals surface area contributed by atoms with Gasteiger partial charge in [-0.2, -0.15) is 26.3 Å². The molecule has 0 spiro atoms. The van der Waals surface area contributed by atoms with Gasteiger partial charge in [-0.05, 0) is 0 Å². The Balaban J connectivity index is 4.78. The maximum atomic E-state index is 12.0. The van der Waals surface area contributed by atoms with Crippen LogP contribution < -0.4 is 0 Å². The van der Waals surface area contributed by atoms with E-state index in [9.17, 15) is 26.3 Å². The lowest BCUT2D eigenvalue weighted by atomic mass is 10.1. The first-order valence-electron chi connectivity index (χ1n) is 3.78. The van der Waals surface area contributed by atoms with Crippen molar-refractivity contribution in [1.29, 1.82) is 0 Å². The molecular formula is C7H12F6N+. The maximum absolute atomic E-state index is 12.0. The van der Waals surface area contributed by atoms with Gasteiger partial charge in [0.2, 0.25) is 0 Å². The van der Waals surface area contributed by atoms with Crippen molar-refractivity contribution in [2.45, 2.75) is 12.4 Å². The molecule has 0 aliphatic rings. The minimum Gasteiger partial charge on any atom is -0.330 e. The van der Waals surface area contributed by atoms with Crippen molar-refractivity contribution in [3.63, 3.8) is 0 Å². The molecule has 0 rings (SSSR count). The molecule has 0 saturated heterocycles. The highest BCUT2D eigenvalue weighted by Gasteiger charge is 2.58. The van der Waals surface area contributed by atoms with Crippen LogP contribution in [0.25, 0.3) is 0 Å². The van der Waals surface area contributed by atoms with Crippen LogP contribution in [0.5, 0.6) is 0 Å². The van der Waals surface area contributed by atoms with Crippen molar-refractivity contribution < 1.29 is 30.8 Å². The van der Waals surface area contributed by atoms with E-state index in [4.69, 9.17) is 0 Å². The van der Waals surface area contributed by atoms with Gasteiger partial charge in [0.25, 0.3) is 0 Å². The maximum Gasteiger partial charge on any atom is 0.405 e. The number of hydrogen-bond donors (Lipinski definition) is 0. The van der Waals surface area contributed by atoms with Crippen LogP contribution in [0.4, 0.5) is 26.3 Å². The van der Waals surface area contributed by atoms with Gasteiger partial charge in [-0.25, -0.2) is 0 Å². The molecule has 0 saturated carbocycles. The highest BCUT2D eigenvalue weighted by Crippen LogP contribution is 2.39. The molecule has 0 aliphatic heterocycles. The molecule has 0 unspecified atom stereocenters. The minimum absolute atomic E-state index is 0.385. The Hall–Kier alpha value is -0.460. The third-order valence-corrected chi connectivity index (χ3v) is 1.52. The van der Waals surface area contributed by atoms with Gasteiger partial charge >= 0.3 is 12.4 Å². The van der Waals surface area contributed by atoms with Crippen LogP contribution in [0.2, 0.25) is 0 Å². The second-order valence-electron chi connectivity index (χ2n) is 4.11. The van der Waals surface area contributed by atoms with E-state index in [1.54, 1.807) is 0 Å². The summed E-state index contributed by atoms with van der Waals surface area (Å²) in [6.07, 6.45) is -10.5. The van der Waals surface area contributed by atoms with Crippen molar-refractivity contribution in [2.24, 2.45) is 5.92 Å². The van der Waals surface area contributed by atoms with E-state index in [1.165, 1.54) is 21.1 Å². The van der Waals surface area contributed by atoms with Gasteiger partial charge in [-0.3, -0.25) is 0 Å². The van der Waals surface area contributed by atoms with Gasteiger partial charge < -0.3 is 4.48 Å². The van der Waals surface area contributed by atoms with Crippen LogP contribution in [-0.2, 0) is 0 Å². The number of halogens is 6. The molecule has 14 heavy (non-hydrogen) atoms. The summed E-state index contributed by atoms with van der Waals surface area (Å²) in [6.45, 7) is -1.01. The zero-order valence-corrected chi connectivity index (χ0v) is 8.00. The van der Waals surface area contributed by atoms with E-state index < -0.39 is 24.8 Å². The van der Waals surface area contributed by atoms with E-state index in [0.29, 0.717) is 0 Å². The first kappa shape index (κ1) is 13.5. The smallest absolute Gasteiger partial charge is 0.330 e. The van der Waals surface area contributed by atoms with Crippen LogP contribution in [0, 0.1) is 5.92 Å². The first-order valence-corrected chi connectivity index (χ1v) is 3.78. The second-order valence-corrected chi connectivity index (χ2v) is 4.11. The van der Waals surface area contributed by atoms with E-state index in [1.807, 2.05) is 0 Å². The molecular weight excluding hydrogens is 212 g/mol. The molecule has 0 aromatic rings. The lowest BCUT2D eigenvalue weighted by Crippen LogP contribution is -2.49. The SMILES string of the molecule is C[N+](C)(C)CC(C(F)(F)F)C(F)(F)F. The number of alkyl halides is 6. The average Bonchev–Trinajstić information content (AvgIpc) is 1.75. The topological polar surface area (TPSA) is 0 Å². The third kappa shape index (κ3) is 4.69. The summed E-state index contributed by atoms with van der Waals surface area (Å²) in [7, 11) is 3.85. The molecule has 1 nitrogen and oxygen atoms in total. The van der Waals surface area contributed by atoms with E-state index in [-0.39, 0.29) is 4.48 Å². The molecule has 0 N–H and O–H groups in total. The Morgan fingerprint density at radius 3 is 1.21 bits per heavy atom. The number of quaternary nitrogens is 1. The monoisotopic (exact) mass is 224 g/mol. The normalized spacial score (nSPS) is 15.0. The lowest BCUT2D eigenvalue weighted by Gasteiger charge is -2.31. The zero-order valence-electron chi connectivity index (χ0n) is 8.00. The minimum atomic E-state index is -5.23. The standard InChI is InChI=1S/C7H12F6N/c1-14(2,3)4-5(6(8,9)10)7(11,12)13/h5H,4H2,1-3H3/q+1. The Morgan fingerprint density at radius 1 is 0.857 bits per heavy atom. The van der Waals surface area contributed by atoms with Crippen LogP contribution in [0.1, 0.15) is 0 Å². The number of nitrogens with zero attached hydrogens (tertiary/aromatic N) is 1. The quantitative estimate of drug-likeness (QED) is 0.499. The van der Waals surface area contributed by atoms with E-state index >= 15 is 0 Å². The Bertz CT molecular complexity index is 172. The lowest BCUT2D eigenvalue weighted by molar-refractivity contribution is -0.877. The predicted octanol–water partition coefficient (Wildman–Crippen LogP) is 2.43. The molecule has 7 heteroatoms. The molecule has 0 radical (unpaired) electrons. The van der Waals surface area contributed by atoms with E-state index in [2.05, 4.69) is 0 Å².